The molecule has 0 spiro atoms. The molecule has 0 aliphatic heterocycles. The lowest BCUT2D eigenvalue weighted by molar-refractivity contribution is 0.368. The Hall–Kier alpha value is -1.13. The van der Waals surface area contributed by atoms with Gasteiger partial charge in [-0.15, -0.1) is 11.3 Å². The van der Waals surface area contributed by atoms with Crippen molar-refractivity contribution in [3.63, 3.8) is 0 Å². The maximum absolute atomic E-state index is 4.47. The van der Waals surface area contributed by atoms with E-state index in [2.05, 4.69) is 38.6 Å². The number of nitrogens with zero attached hydrogens (tertiary/aromatic N) is 2. The van der Waals surface area contributed by atoms with Crippen LogP contribution in [0.25, 0.3) is 10.7 Å². The molecule has 3 nitrogen and oxygen atoms in total. The minimum atomic E-state index is 0.738. The van der Waals surface area contributed by atoms with E-state index in [1.165, 1.54) is 37.0 Å². The van der Waals surface area contributed by atoms with Gasteiger partial charge in [-0.3, -0.25) is 0 Å². The molecule has 1 N–H and O–H groups in total. The zero-order valence-electron chi connectivity index (χ0n) is 11.2. The molecular weight excluding hydrogens is 254 g/mol. The number of hydrogen-bond donors (Lipinski definition) is 1. The van der Waals surface area contributed by atoms with Gasteiger partial charge in [0.1, 0.15) is 5.82 Å². The van der Waals surface area contributed by atoms with Crippen molar-refractivity contribution in [2.24, 2.45) is 0 Å². The molecule has 0 radical (unpaired) electrons. The summed E-state index contributed by atoms with van der Waals surface area (Å²) in [5.74, 6) is 1.10. The number of thiophene rings is 1. The fourth-order valence-corrected chi connectivity index (χ4v) is 3.55. The molecule has 1 saturated carbocycles. The van der Waals surface area contributed by atoms with Gasteiger partial charge in [0.25, 0.3) is 0 Å². The van der Waals surface area contributed by atoms with E-state index in [9.17, 15) is 0 Å². The number of aromatic nitrogens is 2. The summed E-state index contributed by atoms with van der Waals surface area (Å²) < 4.78 is 2.25. The first kappa shape index (κ1) is 12.9. The van der Waals surface area contributed by atoms with Crippen molar-refractivity contribution in [3.05, 3.63) is 29.9 Å². The molecule has 2 heterocycles. The summed E-state index contributed by atoms with van der Waals surface area (Å²) in [6.45, 7) is 2.04. The lowest BCUT2D eigenvalue weighted by Crippen LogP contribution is -2.33. The SMILES string of the molecule is c1csc(-c2nccn2CCNC2CCCCC2)c1. The summed E-state index contributed by atoms with van der Waals surface area (Å²) in [6, 6.07) is 4.96. The van der Waals surface area contributed by atoms with Gasteiger partial charge in [0.05, 0.1) is 4.88 Å². The Morgan fingerprint density at radius 1 is 1.32 bits per heavy atom. The molecule has 2 aromatic rings. The fraction of sp³-hybridized carbons (Fsp3) is 0.533. The van der Waals surface area contributed by atoms with Gasteiger partial charge in [-0.1, -0.05) is 25.3 Å². The van der Waals surface area contributed by atoms with Crippen molar-refractivity contribution in [1.82, 2.24) is 14.9 Å². The van der Waals surface area contributed by atoms with Gasteiger partial charge in [0.15, 0.2) is 0 Å². The van der Waals surface area contributed by atoms with Crippen molar-refractivity contribution in [2.45, 2.75) is 44.7 Å². The third kappa shape index (κ3) is 3.25. The van der Waals surface area contributed by atoms with Gasteiger partial charge >= 0.3 is 0 Å². The first-order valence-electron chi connectivity index (χ1n) is 7.22. The maximum Gasteiger partial charge on any atom is 0.150 e. The molecule has 0 bridgehead atoms. The number of rotatable bonds is 5. The highest BCUT2D eigenvalue weighted by atomic mass is 32.1. The summed E-state index contributed by atoms with van der Waals surface area (Å²) in [5.41, 5.74) is 0. The zero-order chi connectivity index (χ0) is 12.9. The van der Waals surface area contributed by atoms with Gasteiger partial charge in [0, 0.05) is 31.5 Å². The molecule has 4 heteroatoms. The van der Waals surface area contributed by atoms with E-state index >= 15 is 0 Å². The first-order chi connectivity index (χ1) is 9.43. The van der Waals surface area contributed by atoms with E-state index in [0.717, 1.165) is 25.0 Å². The Kier molecular flexibility index (Phi) is 4.30. The summed E-state index contributed by atoms with van der Waals surface area (Å²) >= 11 is 1.75. The highest BCUT2D eigenvalue weighted by Crippen LogP contribution is 2.22. The van der Waals surface area contributed by atoms with Crippen molar-refractivity contribution < 1.29 is 0 Å². The monoisotopic (exact) mass is 275 g/mol. The van der Waals surface area contributed by atoms with Gasteiger partial charge in [-0.05, 0) is 24.3 Å². The lowest BCUT2D eigenvalue weighted by Gasteiger charge is -2.23. The second-order valence-corrected chi connectivity index (χ2v) is 6.16. The molecular formula is C15H21N3S. The average Bonchev–Trinajstić information content (AvgIpc) is 3.10. The predicted molar refractivity (Wildman–Crippen MR) is 80.4 cm³/mol. The van der Waals surface area contributed by atoms with Crippen LogP contribution in [0.1, 0.15) is 32.1 Å². The maximum atomic E-state index is 4.47. The van der Waals surface area contributed by atoms with Crippen molar-refractivity contribution in [2.75, 3.05) is 6.54 Å². The van der Waals surface area contributed by atoms with Gasteiger partial charge < -0.3 is 9.88 Å². The Bertz CT molecular complexity index is 483. The van der Waals surface area contributed by atoms with Crippen LogP contribution in [-0.4, -0.2) is 22.1 Å². The van der Waals surface area contributed by atoms with E-state index in [1.54, 1.807) is 11.3 Å². The van der Waals surface area contributed by atoms with E-state index in [0.29, 0.717) is 0 Å². The van der Waals surface area contributed by atoms with Crippen LogP contribution in [0, 0.1) is 0 Å². The van der Waals surface area contributed by atoms with Crippen LogP contribution in [0.3, 0.4) is 0 Å². The molecule has 0 saturated heterocycles. The van der Waals surface area contributed by atoms with Crippen LogP contribution in [0.2, 0.25) is 0 Å². The molecule has 102 valence electrons. The molecule has 2 aromatic heterocycles. The Balaban J connectivity index is 1.54. The molecule has 1 aliphatic carbocycles. The van der Waals surface area contributed by atoms with E-state index in [-0.39, 0.29) is 0 Å². The van der Waals surface area contributed by atoms with Crippen LogP contribution in [-0.2, 0) is 6.54 Å². The molecule has 1 aliphatic rings. The number of hydrogen-bond acceptors (Lipinski definition) is 3. The van der Waals surface area contributed by atoms with E-state index in [1.807, 2.05) is 6.20 Å². The summed E-state index contributed by atoms with van der Waals surface area (Å²) in [4.78, 5) is 5.72. The van der Waals surface area contributed by atoms with Crippen LogP contribution in [0.4, 0.5) is 0 Å². The second kappa shape index (κ2) is 6.35. The summed E-state index contributed by atoms with van der Waals surface area (Å²) in [7, 11) is 0. The van der Waals surface area contributed by atoms with Gasteiger partial charge in [0.2, 0.25) is 0 Å². The minimum absolute atomic E-state index is 0.738. The summed E-state index contributed by atoms with van der Waals surface area (Å²) in [6.07, 6.45) is 10.9. The molecule has 0 atom stereocenters. The second-order valence-electron chi connectivity index (χ2n) is 5.21. The van der Waals surface area contributed by atoms with Crippen molar-refractivity contribution >= 4 is 11.3 Å². The quantitative estimate of drug-likeness (QED) is 0.904. The fourth-order valence-electron chi connectivity index (χ4n) is 2.82. The number of imidazole rings is 1. The van der Waals surface area contributed by atoms with Crippen molar-refractivity contribution in [3.8, 4) is 10.7 Å². The molecule has 0 aromatic carbocycles. The Morgan fingerprint density at radius 3 is 3.00 bits per heavy atom. The third-order valence-electron chi connectivity index (χ3n) is 3.85. The van der Waals surface area contributed by atoms with E-state index < -0.39 is 0 Å². The standard InChI is InChI=1S/C15H21N3S/c1-2-5-13(6-3-1)16-8-10-18-11-9-17-15(18)14-7-4-12-19-14/h4,7,9,11-13,16H,1-3,5-6,8,10H2. The topological polar surface area (TPSA) is 29.9 Å². The first-order valence-corrected chi connectivity index (χ1v) is 8.10. The third-order valence-corrected chi connectivity index (χ3v) is 4.71. The molecule has 1 fully saturated rings. The molecule has 0 amide bonds. The van der Waals surface area contributed by atoms with Crippen molar-refractivity contribution in [1.29, 1.82) is 0 Å². The van der Waals surface area contributed by atoms with Crippen LogP contribution < -0.4 is 5.32 Å². The number of nitrogens with one attached hydrogen (secondary N) is 1. The van der Waals surface area contributed by atoms with Gasteiger partial charge in [-0.25, -0.2) is 4.98 Å². The molecule has 0 unspecified atom stereocenters. The highest BCUT2D eigenvalue weighted by molar-refractivity contribution is 7.13. The highest BCUT2D eigenvalue weighted by Gasteiger charge is 2.12. The van der Waals surface area contributed by atoms with Gasteiger partial charge in [-0.2, -0.15) is 0 Å². The van der Waals surface area contributed by atoms with Crippen LogP contribution in [0.5, 0.6) is 0 Å². The van der Waals surface area contributed by atoms with Crippen LogP contribution >= 0.6 is 11.3 Å². The Morgan fingerprint density at radius 2 is 2.21 bits per heavy atom. The smallest absolute Gasteiger partial charge is 0.150 e. The Labute approximate surface area is 118 Å². The lowest BCUT2D eigenvalue weighted by atomic mass is 9.95. The van der Waals surface area contributed by atoms with E-state index in [4.69, 9.17) is 0 Å². The minimum Gasteiger partial charge on any atom is -0.329 e. The largest absolute Gasteiger partial charge is 0.329 e. The normalized spacial score (nSPS) is 16.8. The van der Waals surface area contributed by atoms with Crippen LogP contribution in [0.15, 0.2) is 29.9 Å². The average molecular weight is 275 g/mol. The summed E-state index contributed by atoms with van der Waals surface area (Å²) in [5, 5.41) is 5.79. The predicted octanol–water partition coefficient (Wildman–Crippen LogP) is 3.53. The zero-order valence-corrected chi connectivity index (χ0v) is 12.0. The molecule has 19 heavy (non-hydrogen) atoms. The molecule has 3 rings (SSSR count).